The summed E-state index contributed by atoms with van der Waals surface area (Å²) in [6.07, 6.45) is 2.48. The SMILES string of the molecule is CCOC(C)CNC(CC)c1ccc(CC)cc1. The quantitative estimate of drug-likeness (QED) is 0.758. The Morgan fingerprint density at radius 3 is 2.28 bits per heavy atom. The summed E-state index contributed by atoms with van der Waals surface area (Å²) in [6.45, 7) is 10.2. The predicted octanol–water partition coefficient (Wildman–Crippen LogP) is 3.71. The van der Waals surface area contributed by atoms with Crippen LogP contribution < -0.4 is 5.32 Å². The van der Waals surface area contributed by atoms with Gasteiger partial charge in [0.25, 0.3) is 0 Å². The molecule has 2 atom stereocenters. The summed E-state index contributed by atoms with van der Waals surface area (Å²) in [6, 6.07) is 9.37. The number of hydrogen-bond donors (Lipinski definition) is 1. The Morgan fingerprint density at radius 2 is 1.78 bits per heavy atom. The fraction of sp³-hybridized carbons (Fsp3) is 0.625. The molecular weight excluding hydrogens is 222 g/mol. The standard InChI is InChI=1S/C16H27NO/c1-5-14-8-10-15(11-9-14)16(6-2)17-12-13(4)18-7-3/h8-11,13,16-17H,5-7,12H2,1-4H3. The highest BCUT2D eigenvalue weighted by Gasteiger charge is 2.10. The topological polar surface area (TPSA) is 21.3 Å². The molecule has 0 radical (unpaired) electrons. The van der Waals surface area contributed by atoms with E-state index in [4.69, 9.17) is 4.74 Å². The molecule has 0 amide bonds. The Hall–Kier alpha value is -0.860. The van der Waals surface area contributed by atoms with Gasteiger partial charge in [0.2, 0.25) is 0 Å². The van der Waals surface area contributed by atoms with Crippen LogP contribution in [0.15, 0.2) is 24.3 Å². The summed E-state index contributed by atoms with van der Waals surface area (Å²) in [5.41, 5.74) is 2.77. The van der Waals surface area contributed by atoms with E-state index in [1.54, 1.807) is 0 Å². The minimum atomic E-state index is 0.277. The van der Waals surface area contributed by atoms with Crippen molar-refractivity contribution < 1.29 is 4.74 Å². The summed E-state index contributed by atoms with van der Waals surface area (Å²) in [4.78, 5) is 0. The minimum Gasteiger partial charge on any atom is -0.377 e. The van der Waals surface area contributed by atoms with Crippen molar-refractivity contribution >= 4 is 0 Å². The zero-order valence-corrected chi connectivity index (χ0v) is 12.2. The highest BCUT2D eigenvalue weighted by Crippen LogP contribution is 2.17. The van der Waals surface area contributed by atoms with E-state index in [-0.39, 0.29) is 6.10 Å². The molecule has 0 spiro atoms. The molecule has 1 aromatic rings. The molecule has 0 aromatic heterocycles. The van der Waals surface area contributed by atoms with Gasteiger partial charge in [-0.15, -0.1) is 0 Å². The molecule has 0 saturated carbocycles. The molecule has 0 fully saturated rings. The van der Waals surface area contributed by atoms with E-state index >= 15 is 0 Å². The van der Waals surface area contributed by atoms with E-state index in [9.17, 15) is 0 Å². The van der Waals surface area contributed by atoms with Crippen LogP contribution in [0.2, 0.25) is 0 Å². The van der Waals surface area contributed by atoms with Gasteiger partial charge in [-0.25, -0.2) is 0 Å². The van der Waals surface area contributed by atoms with Gasteiger partial charge in [-0.2, -0.15) is 0 Å². The maximum Gasteiger partial charge on any atom is 0.0671 e. The maximum absolute atomic E-state index is 5.55. The van der Waals surface area contributed by atoms with E-state index in [0.29, 0.717) is 6.04 Å². The van der Waals surface area contributed by atoms with Crippen molar-refractivity contribution in [1.82, 2.24) is 5.32 Å². The van der Waals surface area contributed by atoms with Crippen molar-refractivity contribution in [3.63, 3.8) is 0 Å². The zero-order valence-electron chi connectivity index (χ0n) is 12.2. The van der Waals surface area contributed by atoms with Gasteiger partial charge in [0.15, 0.2) is 0 Å². The minimum absolute atomic E-state index is 0.277. The van der Waals surface area contributed by atoms with Gasteiger partial charge in [-0.1, -0.05) is 38.1 Å². The van der Waals surface area contributed by atoms with Crippen molar-refractivity contribution in [3.8, 4) is 0 Å². The van der Waals surface area contributed by atoms with E-state index in [2.05, 4.69) is 50.4 Å². The monoisotopic (exact) mass is 249 g/mol. The van der Waals surface area contributed by atoms with E-state index in [1.165, 1.54) is 11.1 Å². The lowest BCUT2D eigenvalue weighted by atomic mass is 10.0. The van der Waals surface area contributed by atoms with Crippen LogP contribution in [-0.4, -0.2) is 19.3 Å². The van der Waals surface area contributed by atoms with Gasteiger partial charge < -0.3 is 10.1 Å². The Balaban J connectivity index is 2.53. The lowest BCUT2D eigenvalue weighted by Crippen LogP contribution is -2.30. The van der Waals surface area contributed by atoms with Crippen molar-refractivity contribution in [1.29, 1.82) is 0 Å². The van der Waals surface area contributed by atoms with Gasteiger partial charge in [-0.05, 0) is 37.8 Å². The van der Waals surface area contributed by atoms with E-state index in [0.717, 1.165) is 26.0 Å². The van der Waals surface area contributed by atoms with Crippen LogP contribution in [0.5, 0.6) is 0 Å². The second-order valence-electron chi connectivity index (χ2n) is 4.73. The summed E-state index contributed by atoms with van der Waals surface area (Å²) in [7, 11) is 0. The molecule has 1 N–H and O–H groups in total. The first-order chi connectivity index (χ1) is 8.71. The maximum atomic E-state index is 5.55. The Morgan fingerprint density at radius 1 is 1.11 bits per heavy atom. The Labute approximate surface area is 112 Å². The van der Waals surface area contributed by atoms with E-state index in [1.807, 2.05) is 6.92 Å². The Bertz CT molecular complexity index is 320. The largest absolute Gasteiger partial charge is 0.377 e. The van der Waals surface area contributed by atoms with Gasteiger partial charge in [0, 0.05) is 19.2 Å². The molecule has 0 aliphatic heterocycles. The van der Waals surface area contributed by atoms with Gasteiger partial charge in [-0.3, -0.25) is 0 Å². The first-order valence-electron chi connectivity index (χ1n) is 7.15. The lowest BCUT2D eigenvalue weighted by molar-refractivity contribution is 0.0738. The number of ether oxygens (including phenoxy) is 1. The average molecular weight is 249 g/mol. The predicted molar refractivity (Wildman–Crippen MR) is 77.9 cm³/mol. The smallest absolute Gasteiger partial charge is 0.0671 e. The Kier molecular flexibility index (Phi) is 6.99. The van der Waals surface area contributed by atoms with Crippen molar-refractivity contribution in [3.05, 3.63) is 35.4 Å². The normalized spacial score (nSPS) is 14.4. The van der Waals surface area contributed by atoms with Crippen molar-refractivity contribution in [2.24, 2.45) is 0 Å². The molecule has 0 aliphatic carbocycles. The summed E-state index contributed by atoms with van der Waals surface area (Å²) >= 11 is 0. The highest BCUT2D eigenvalue weighted by atomic mass is 16.5. The van der Waals surface area contributed by atoms with E-state index < -0.39 is 0 Å². The molecule has 0 saturated heterocycles. The number of benzene rings is 1. The van der Waals surface area contributed by atoms with Gasteiger partial charge in [0.05, 0.1) is 6.10 Å². The molecule has 0 aliphatic rings. The molecule has 0 bridgehead atoms. The van der Waals surface area contributed by atoms with Gasteiger partial charge >= 0.3 is 0 Å². The zero-order chi connectivity index (χ0) is 13.4. The third kappa shape index (κ3) is 4.79. The van der Waals surface area contributed by atoms with Crippen LogP contribution in [-0.2, 0) is 11.2 Å². The van der Waals surface area contributed by atoms with Crippen LogP contribution >= 0.6 is 0 Å². The third-order valence-corrected chi connectivity index (χ3v) is 3.30. The molecule has 2 heteroatoms. The van der Waals surface area contributed by atoms with Gasteiger partial charge in [0.1, 0.15) is 0 Å². The van der Waals surface area contributed by atoms with Crippen molar-refractivity contribution in [2.45, 2.75) is 52.7 Å². The van der Waals surface area contributed by atoms with Crippen LogP contribution in [0.25, 0.3) is 0 Å². The molecule has 18 heavy (non-hydrogen) atoms. The molecule has 102 valence electrons. The third-order valence-electron chi connectivity index (χ3n) is 3.30. The molecular formula is C16H27NO. The summed E-state index contributed by atoms with van der Waals surface area (Å²) in [5.74, 6) is 0. The average Bonchev–Trinajstić information content (AvgIpc) is 2.40. The second kappa shape index (κ2) is 8.28. The molecule has 1 rings (SSSR count). The van der Waals surface area contributed by atoms with Crippen LogP contribution in [0.4, 0.5) is 0 Å². The first-order valence-corrected chi connectivity index (χ1v) is 7.15. The number of rotatable bonds is 8. The molecule has 0 heterocycles. The second-order valence-corrected chi connectivity index (χ2v) is 4.73. The van der Waals surface area contributed by atoms with Crippen LogP contribution in [0.1, 0.15) is 51.3 Å². The lowest BCUT2D eigenvalue weighted by Gasteiger charge is -2.20. The number of aryl methyl sites for hydroxylation is 1. The fourth-order valence-corrected chi connectivity index (χ4v) is 2.14. The molecule has 2 unspecified atom stereocenters. The highest BCUT2D eigenvalue weighted by molar-refractivity contribution is 5.25. The molecule has 1 aromatic carbocycles. The summed E-state index contributed by atoms with van der Waals surface area (Å²) < 4.78 is 5.55. The first kappa shape index (κ1) is 15.2. The van der Waals surface area contributed by atoms with Crippen molar-refractivity contribution in [2.75, 3.05) is 13.2 Å². The van der Waals surface area contributed by atoms with Crippen LogP contribution in [0.3, 0.4) is 0 Å². The fourth-order valence-electron chi connectivity index (χ4n) is 2.14. The number of hydrogen-bond acceptors (Lipinski definition) is 2. The van der Waals surface area contributed by atoms with Crippen LogP contribution in [0, 0.1) is 0 Å². The molecule has 2 nitrogen and oxygen atoms in total. The number of nitrogens with one attached hydrogen (secondary N) is 1. The summed E-state index contributed by atoms with van der Waals surface area (Å²) in [5, 5.41) is 3.58.